The molecule has 0 saturated carbocycles. The Kier molecular flexibility index (Phi) is 5.05. The van der Waals surface area contributed by atoms with E-state index in [-0.39, 0.29) is 11.5 Å². The average Bonchev–Trinajstić information content (AvgIpc) is 2.37. The molecule has 0 bridgehead atoms. The summed E-state index contributed by atoms with van der Waals surface area (Å²) in [5, 5.41) is 5.05. The minimum absolute atomic E-state index is 0.277. The molecule has 0 fully saturated rings. The van der Waals surface area contributed by atoms with Crippen molar-refractivity contribution >= 4 is 23.5 Å². The van der Waals surface area contributed by atoms with Crippen LogP contribution in [0.5, 0.6) is 0 Å². The lowest BCUT2D eigenvalue weighted by Crippen LogP contribution is -2.39. The van der Waals surface area contributed by atoms with Gasteiger partial charge in [-0.25, -0.2) is 4.79 Å². The van der Waals surface area contributed by atoms with Gasteiger partial charge in [0, 0.05) is 6.92 Å². The molecule has 0 unspecified atom stereocenters. The topological polar surface area (TPSA) is 84.5 Å². The van der Waals surface area contributed by atoms with Crippen LogP contribution in [0.25, 0.3) is 0 Å². The number of amides is 2. The first-order valence-corrected chi connectivity index (χ1v) is 5.71. The number of benzene rings is 1. The van der Waals surface area contributed by atoms with E-state index in [9.17, 15) is 14.4 Å². The van der Waals surface area contributed by atoms with Crippen molar-refractivity contribution in [2.24, 2.45) is 0 Å². The van der Waals surface area contributed by atoms with Crippen LogP contribution in [0.1, 0.15) is 24.2 Å². The predicted molar refractivity (Wildman–Crippen MR) is 69.7 cm³/mol. The van der Waals surface area contributed by atoms with Crippen LogP contribution in [0.2, 0.25) is 0 Å². The number of anilines is 1. The van der Waals surface area contributed by atoms with Gasteiger partial charge < -0.3 is 15.4 Å². The lowest BCUT2D eigenvalue weighted by atomic mass is 10.1. The average molecular weight is 264 g/mol. The number of rotatable bonds is 4. The van der Waals surface area contributed by atoms with E-state index < -0.39 is 17.9 Å². The Bertz CT molecular complexity index is 499. The minimum atomic E-state index is -0.761. The molecule has 0 aromatic heterocycles. The van der Waals surface area contributed by atoms with E-state index in [0.29, 0.717) is 5.69 Å². The van der Waals surface area contributed by atoms with Gasteiger partial charge in [0.2, 0.25) is 5.91 Å². The maximum absolute atomic E-state index is 12.0. The monoisotopic (exact) mass is 264 g/mol. The van der Waals surface area contributed by atoms with Gasteiger partial charge in [-0.05, 0) is 19.1 Å². The second-order valence-corrected chi connectivity index (χ2v) is 3.95. The SMILES string of the molecule is COC(=O)[C@@H](C)NC(=O)c1ccccc1NC(C)=O. The number of para-hydroxylation sites is 1. The number of carbonyl (C=O) groups is 3. The van der Waals surface area contributed by atoms with Gasteiger partial charge >= 0.3 is 5.97 Å². The van der Waals surface area contributed by atoms with Gasteiger partial charge in [-0.15, -0.1) is 0 Å². The van der Waals surface area contributed by atoms with Crippen LogP contribution in [0.4, 0.5) is 5.69 Å². The zero-order valence-electron chi connectivity index (χ0n) is 11.0. The van der Waals surface area contributed by atoms with Crippen LogP contribution in [0.15, 0.2) is 24.3 Å². The van der Waals surface area contributed by atoms with Gasteiger partial charge in [-0.3, -0.25) is 9.59 Å². The van der Waals surface area contributed by atoms with E-state index in [4.69, 9.17) is 0 Å². The van der Waals surface area contributed by atoms with Gasteiger partial charge in [-0.2, -0.15) is 0 Å². The summed E-state index contributed by atoms with van der Waals surface area (Å²) in [6, 6.07) is 5.78. The Morgan fingerprint density at radius 2 is 1.84 bits per heavy atom. The number of esters is 1. The molecule has 102 valence electrons. The number of hydrogen-bond donors (Lipinski definition) is 2. The maximum Gasteiger partial charge on any atom is 0.328 e. The van der Waals surface area contributed by atoms with Crippen molar-refractivity contribution in [2.45, 2.75) is 19.9 Å². The number of carbonyl (C=O) groups excluding carboxylic acids is 3. The summed E-state index contributed by atoms with van der Waals surface area (Å²) < 4.78 is 4.52. The third-order valence-electron chi connectivity index (χ3n) is 2.38. The van der Waals surface area contributed by atoms with Crippen molar-refractivity contribution in [1.29, 1.82) is 0 Å². The van der Waals surface area contributed by atoms with E-state index in [1.165, 1.54) is 21.0 Å². The van der Waals surface area contributed by atoms with Crippen LogP contribution in [-0.2, 0) is 14.3 Å². The third-order valence-corrected chi connectivity index (χ3v) is 2.38. The second kappa shape index (κ2) is 6.53. The normalized spacial score (nSPS) is 11.3. The van der Waals surface area contributed by atoms with E-state index >= 15 is 0 Å². The summed E-state index contributed by atoms with van der Waals surface area (Å²) >= 11 is 0. The van der Waals surface area contributed by atoms with Crippen molar-refractivity contribution in [3.8, 4) is 0 Å². The predicted octanol–water partition coefficient (Wildman–Crippen LogP) is 0.936. The first-order valence-electron chi connectivity index (χ1n) is 5.71. The highest BCUT2D eigenvalue weighted by molar-refractivity contribution is 6.04. The molecule has 6 heteroatoms. The molecular formula is C13H16N2O4. The second-order valence-electron chi connectivity index (χ2n) is 3.95. The molecule has 0 spiro atoms. The first kappa shape index (κ1) is 14.7. The molecule has 0 aliphatic rings. The lowest BCUT2D eigenvalue weighted by Gasteiger charge is -2.13. The van der Waals surface area contributed by atoms with Gasteiger partial charge in [0.15, 0.2) is 0 Å². The standard InChI is InChI=1S/C13H16N2O4/c1-8(13(18)19-3)14-12(17)10-6-4-5-7-11(10)15-9(2)16/h4-8H,1-3H3,(H,14,17)(H,15,16)/t8-/m1/s1. The number of ether oxygens (including phenoxy) is 1. The fraction of sp³-hybridized carbons (Fsp3) is 0.308. The Hall–Kier alpha value is -2.37. The molecule has 1 aromatic rings. The quantitative estimate of drug-likeness (QED) is 0.792. The Balaban J connectivity index is 2.87. The smallest absolute Gasteiger partial charge is 0.328 e. The van der Waals surface area contributed by atoms with Gasteiger partial charge in [0.1, 0.15) is 6.04 Å². The summed E-state index contributed by atoms with van der Waals surface area (Å²) in [7, 11) is 1.25. The maximum atomic E-state index is 12.0. The summed E-state index contributed by atoms with van der Waals surface area (Å²) in [6.07, 6.45) is 0. The van der Waals surface area contributed by atoms with Crippen LogP contribution < -0.4 is 10.6 Å². The number of nitrogens with one attached hydrogen (secondary N) is 2. The molecule has 0 aliphatic heterocycles. The zero-order valence-corrected chi connectivity index (χ0v) is 11.0. The molecule has 1 atom stereocenters. The Morgan fingerprint density at radius 3 is 2.42 bits per heavy atom. The first-order chi connectivity index (χ1) is 8.95. The molecule has 2 amide bonds. The number of methoxy groups -OCH3 is 1. The van der Waals surface area contributed by atoms with Gasteiger partial charge in [0.25, 0.3) is 5.91 Å². The molecule has 0 heterocycles. The summed E-state index contributed by atoms with van der Waals surface area (Å²) in [4.78, 5) is 34.3. The fourth-order valence-electron chi connectivity index (χ4n) is 1.49. The van der Waals surface area contributed by atoms with Crippen molar-refractivity contribution < 1.29 is 19.1 Å². The fourth-order valence-corrected chi connectivity index (χ4v) is 1.49. The van der Waals surface area contributed by atoms with Crippen LogP contribution in [-0.4, -0.2) is 30.9 Å². The van der Waals surface area contributed by atoms with Crippen molar-refractivity contribution in [2.75, 3.05) is 12.4 Å². The molecule has 0 saturated heterocycles. The largest absolute Gasteiger partial charge is 0.467 e. The van der Waals surface area contributed by atoms with E-state index in [2.05, 4.69) is 15.4 Å². The molecule has 1 rings (SSSR count). The van der Waals surface area contributed by atoms with E-state index in [1.807, 2.05) is 0 Å². The van der Waals surface area contributed by atoms with Gasteiger partial charge in [0.05, 0.1) is 18.4 Å². The summed E-state index contributed by atoms with van der Waals surface area (Å²) in [5.74, 6) is -1.27. The van der Waals surface area contributed by atoms with Crippen LogP contribution in [0, 0.1) is 0 Å². The highest BCUT2D eigenvalue weighted by Gasteiger charge is 2.18. The van der Waals surface area contributed by atoms with Crippen molar-refractivity contribution in [3.63, 3.8) is 0 Å². The highest BCUT2D eigenvalue weighted by atomic mass is 16.5. The molecular weight excluding hydrogens is 248 g/mol. The van der Waals surface area contributed by atoms with Crippen LogP contribution >= 0.6 is 0 Å². The molecule has 1 aromatic carbocycles. The summed E-state index contributed by atoms with van der Waals surface area (Å²) in [6.45, 7) is 2.87. The Labute approximate surface area is 111 Å². The van der Waals surface area contributed by atoms with Crippen molar-refractivity contribution in [3.05, 3.63) is 29.8 Å². The van der Waals surface area contributed by atoms with Gasteiger partial charge in [-0.1, -0.05) is 12.1 Å². The molecule has 0 aliphatic carbocycles. The molecule has 19 heavy (non-hydrogen) atoms. The third kappa shape index (κ3) is 4.09. The van der Waals surface area contributed by atoms with E-state index in [1.54, 1.807) is 24.3 Å². The number of hydrogen-bond acceptors (Lipinski definition) is 4. The molecule has 2 N–H and O–H groups in total. The molecule has 6 nitrogen and oxygen atoms in total. The summed E-state index contributed by atoms with van der Waals surface area (Å²) in [5.41, 5.74) is 0.679. The lowest BCUT2D eigenvalue weighted by molar-refractivity contribution is -0.142. The minimum Gasteiger partial charge on any atom is -0.467 e. The van der Waals surface area contributed by atoms with Crippen molar-refractivity contribution in [1.82, 2.24) is 5.32 Å². The zero-order chi connectivity index (χ0) is 14.4. The van der Waals surface area contributed by atoms with E-state index in [0.717, 1.165) is 0 Å². The van der Waals surface area contributed by atoms with Crippen LogP contribution in [0.3, 0.4) is 0 Å². The highest BCUT2D eigenvalue weighted by Crippen LogP contribution is 2.15. The Morgan fingerprint density at radius 1 is 1.21 bits per heavy atom. The molecule has 0 radical (unpaired) electrons.